The molecule has 2 heterocycles. The van der Waals surface area contributed by atoms with Crippen molar-refractivity contribution in [2.45, 2.75) is 12.5 Å². The van der Waals surface area contributed by atoms with Gasteiger partial charge in [-0.2, -0.15) is 0 Å². The van der Waals surface area contributed by atoms with Gasteiger partial charge in [-0.25, -0.2) is 0 Å². The second-order valence-corrected chi connectivity index (χ2v) is 5.77. The van der Waals surface area contributed by atoms with Gasteiger partial charge < -0.3 is 20.7 Å². The Balaban J connectivity index is 1.64. The molecule has 1 fully saturated rings. The normalized spacial score (nSPS) is 21.5. The number of nitrogens with two attached hydrogens (primary N) is 1. The number of rotatable bonds is 5. The Bertz CT molecular complexity index is 393. The lowest BCUT2D eigenvalue weighted by molar-refractivity contribution is -0.0136. The Hall–Kier alpha value is -1.11. The van der Waals surface area contributed by atoms with Crippen LogP contribution in [0.1, 0.15) is 4.88 Å². The number of aliphatic imine (C=N–C) groups is 1. The van der Waals surface area contributed by atoms with Crippen LogP contribution in [0.5, 0.6) is 0 Å². The summed E-state index contributed by atoms with van der Waals surface area (Å²) in [6.07, 6.45) is 1.15. The molecule has 106 valence electrons. The maximum Gasteiger partial charge on any atom is 0.188 e. The van der Waals surface area contributed by atoms with Gasteiger partial charge in [0.25, 0.3) is 0 Å². The molecule has 0 spiro atoms. The van der Waals surface area contributed by atoms with Gasteiger partial charge in [-0.05, 0) is 24.9 Å². The van der Waals surface area contributed by atoms with E-state index in [0.29, 0.717) is 12.5 Å². The highest BCUT2D eigenvalue weighted by atomic mass is 32.1. The maximum atomic E-state index is 5.84. The highest BCUT2D eigenvalue weighted by Gasteiger charge is 2.16. The number of nitrogens with one attached hydrogen (secondary N) is 1. The average Bonchev–Trinajstić information content (AvgIpc) is 2.90. The lowest BCUT2D eigenvalue weighted by Crippen LogP contribution is -2.42. The van der Waals surface area contributed by atoms with Gasteiger partial charge in [0.05, 0.1) is 19.3 Å². The summed E-state index contributed by atoms with van der Waals surface area (Å²) in [7, 11) is 2.10. The van der Waals surface area contributed by atoms with E-state index in [1.807, 2.05) is 0 Å². The predicted molar refractivity (Wildman–Crippen MR) is 79.8 cm³/mol. The average molecular weight is 282 g/mol. The van der Waals surface area contributed by atoms with Gasteiger partial charge in [-0.15, -0.1) is 11.3 Å². The van der Waals surface area contributed by atoms with Crippen LogP contribution in [0.4, 0.5) is 0 Å². The molecule has 19 heavy (non-hydrogen) atoms. The Kier molecular flexibility index (Phi) is 5.62. The molecule has 2 rings (SSSR count). The Labute approximate surface area is 118 Å². The molecule has 3 N–H and O–H groups in total. The van der Waals surface area contributed by atoms with Crippen molar-refractivity contribution in [2.24, 2.45) is 10.7 Å². The van der Waals surface area contributed by atoms with Crippen LogP contribution in [-0.2, 0) is 11.2 Å². The van der Waals surface area contributed by atoms with Crippen molar-refractivity contribution in [3.8, 4) is 0 Å². The molecule has 1 aliphatic rings. The fraction of sp³-hybridized carbons (Fsp3) is 0.615. The molecule has 0 aromatic carbocycles. The summed E-state index contributed by atoms with van der Waals surface area (Å²) in [4.78, 5) is 7.95. The molecular weight excluding hydrogens is 260 g/mol. The largest absolute Gasteiger partial charge is 0.374 e. The van der Waals surface area contributed by atoms with Gasteiger partial charge in [-0.1, -0.05) is 6.07 Å². The summed E-state index contributed by atoms with van der Waals surface area (Å²) in [6.45, 7) is 4.15. The van der Waals surface area contributed by atoms with Gasteiger partial charge in [0.1, 0.15) is 0 Å². The number of ether oxygens (including phenoxy) is 1. The van der Waals surface area contributed by atoms with Crippen LogP contribution in [0.15, 0.2) is 22.5 Å². The molecular formula is C13H22N4OS. The number of hydrogen-bond donors (Lipinski definition) is 2. The fourth-order valence-electron chi connectivity index (χ4n) is 2.00. The lowest BCUT2D eigenvalue weighted by Gasteiger charge is -2.29. The van der Waals surface area contributed by atoms with E-state index in [4.69, 9.17) is 10.5 Å². The second-order valence-electron chi connectivity index (χ2n) is 4.74. The van der Waals surface area contributed by atoms with E-state index < -0.39 is 0 Å². The zero-order valence-corrected chi connectivity index (χ0v) is 12.2. The quantitative estimate of drug-likeness (QED) is 0.611. The number of guanidine groups is 1. The summed E-state index contributed by atoms with van der Waals surface area (Å²) in [6, 6.07) is 4.19. The van der Waals surface area contributed by atoms with Gasteiger partial charge in [-0.3, -0.25) is 4.99 Å². The molecule has 5 nitrogen and oxygen atoms in total. The molecule has 0 radical (unpaired) electrons. The summed E-state index contributed by atoms with van der Waals surface area (Å²) in [5.74, 6) is 0.508. The topological polar surface area (TPSA) is 62.9 Å². The minimum atomic E-state index is 0.163. The Morgan fingerprint density at radius 3 is 3.32 bits per heavy atom. The number of thiophene rings is 1. The first-order valence-corrected chi connectivity index (χ1v) is 7.48. The summed E-state index contributed by atoms with van der Waals surface area (Å²) < 4.78 is 5.63. The molecule has 1 aliphatic heterocycles. The van der Waals surface area contributed by atoms with E-state index in [0.717, 1.165) is 32.7 Å². The standard InChI is InChI=1S/C13H22N4OS/c1-17-6-7-18-11(10-17)9-16-13(14)15-5-4-12-3-2-8-19-12/h2-3,8,11H,4-7,9-10H2,1H3,(H3,14,15,16). The van der Waals surface area contributed by atoms with Crippen LogP contribution in [0.25, 0.3) is 0 Å². The molecule has 1 saturated heterocycles. The molecule has 1 aromatic heterocycles. The number of likely N-dealkylation sites (N-methyl/N-ethyl adjacent to an activating group) is 1. The van der Waals surface area contributed by atoms with Crippen LogP contribution >= 0.6 is 11.3 Å². The number of nitrogens with zero attached hydrogens (tertiary/aromatic N) is 2. The monoisotopic (exact) mass is 282 g/mol. The van der Waals surface area contributed by atoms with Crippen LogP contribution < -0.4 is 11.1 Å². The van der Waals surface area contributed by atoms with Gasteiger partial charge in [0.2, 0.25) is 0 Å². The van der Waals surface area contributed by atoms with Crippen molar-refractivity contribution in [1.29, 1.82) is 0 Å². The van der Waals surface area contributed by atoms with Crippen molar-refractivity contribution in [1.82, 2.24) is 10.2 Å². The smallest absolute Gasteiger partial charge is 0.188 e. The fourth-order valence-corrected chi connectivity index (χ4v) is 2.71. The van der Waals surface area contributed by atoms with Gasteiger partial charge >= 0.3 is 0 Å². The van der Waals surface area contributed by atoms with Crippen LogP contribution in [0.2, 0.25) is 0 Å². The molecule has 0 bridgehead atoms. The first-order valence-electron chi connectivity index (χ1n) is 6.60. The van der Waals surface area contributed by atoms with Crippen molar-refractivity contribution in [3.05, 3.63) is 22.4 Å². The molecule has 0 aliphatic carbocycles. The summed E-state index contributed by atoms with van der Waals surface area (Å²) >= 11 is 1.76. The third kappa shape index (κ3) is 5.18. The van der Waals surface area contributed by atoms with E-state index >= 15 is 0 Å². The van der Waals surface area contributed by atoms with Crippen LogP contribution in [-0.4, -0.2) is 56.8 Å². The van der Waals surface area contributed by atoms with Crippen LogP contribution in [0.3, 0.4) is 0 Å². The van der Waals surface area contributed by atoms with E-state index in [-0.39, 0.29) is 6.10 Å². The minimum absolute atomic E-state index is 0.163. The molecule has 6 heteroatoms. The maximum absolute atomic E-state index is 5.84. The Morgan fingerprint density at radius 2 is 2.58 bits per heavy atom. The van der Waals surface area contributed by atoms with Crippen molar-refractivity contribution in [3.63, 3.8) is 0 Å². The predicted octanol–water partition coefficient (Wildman–Crippen LogP) is 0.526. The van der Waals surface area contributed by atoms with Crippen molar-refractivity contribution >= 4 is 17.3 Å². The second kappa shape index (κ2) is 7.47. The highest BCUT2D eigenvalue weighted by molar-refractivity contribution is 7.09. The van der Waals surface area contributed by atoms with E-state index in [2.05, 4.69) is 39.8 Å². The van der Waals surface area contributed by atoms with E-state index in [1.165, 1.54) is 4.88 Å². The molecule has 1 unspecified atom stereocenters. The molecule has 0 saturated carbocycles. The van der Waals surface area contributed by atoms with Crippen LogP contribution in [0, 0.1) is 0 Å². The summed E-state index contributed by atoms with van der Waals surface area (Å²) in [5.41, 5.74) is 5.84. The molecule has 0 amide bonds. The number of hydrogen-bond acceptors (Lipinski definition) is 4. The highest BCUT2D eigenvalue weighted by Crippen LogP contribution is 2.08. The van der Waals surface area contributed by atoms with Crippen molar-refractivity contribution < 1.29 is 4.74 Å². The zero-order chi connectivity index (χ0) is 13.5. The first-order chi connectivity index (χ1) is 9.24. The zero-order valence-electron chi connectivity index (χ0n) is 11.3. The van der Waals surface area contributed by atoms with E-state index in [1.54, 1.807) is 11.3 Å². The lowest BCUT2D eigenvalue weighted by atomic mass is 10.3. The Morgan fingerprint density at radius 1 is 1.68 bits per heavy atom. The van der Waals surface area contributed by atoms with Gasteiger partial charge in [0, 0.05) is 24.5 Å². The third-order valence-electron chi connectivity index (χ3n) is 3.06. The third-order valence-corrected chi connectivity index (χ3v) is 4.00. The van der Waals surface area contributed by atoms with E-state index in [9.17, 15) is 0 Å². The SMILES string of the molecule is CN1CCOC(CN=C(N)NCCc2cccs2)C1. The molecule has 1 aromatic rings. The first kappa shape index (κ1) is 14.3. The van der Waals surface area contributed by atoms with Gasteiger partial charge in [0.15, 0.2) is 5.96 Å². The molecule has 1 atom stereocenters. The van der Waals surface area contributed by atoms with Crippen molar-refractivity contribution in [2.75, 3.05) is 39.8 Å². The number of morpholine rings is 1. The summed E-state index contributed by atoms with van der Waals surface area (Å²) in [5, 5.41) is 5.22. The minimum Gasteiger partial charge on any atom is -0.374 e.